The molecule has 0 fully saturated rings. The molecule has 3 aromatic rings. The number of methoxy groups -OCH3 is 2. The molecule has 156 valence electrons. The van der Waals surface area contributed by atoms with Crippen LogP contribution in [0.25, 0.3) is 22.5 Å². The predicted octanol–water partition coefficient (Wildman–Crippen LogP) is 5.36. The maximum atomic E-state index is 13.2. The second-order valence-electron chi connectivity index (χ2n) is 7.01. The van der Waals surface area contributed by atoms with E-state index in [9.17, 15) is 4.79 Å². The molecule has 2 aromatic carbocycles. The van der Waals surface area contributed by atoms with Gasteiger partial charge in [0, 0.05) is 30.5 Å². The average Bonchev–Trinajstić information content (AvgIpc) is 2.72. The molecular weight excluding hydrogens is 400 g/mol. The van der Waals surface area contributed by atoms with Crippen molar-refractivity contribution in [1.29, 1.82) is 0 Å². The molecule has 0 saturated carbocycles. The maximum absolute atomic E-state index is 13.2. The topological polar surface area (TPSA) is 57.9 Å². The highest BCUT2D eigenvalue weighted by atomic mass is 32.1. The number of ether oxygens (including phenoxy) is 3. The summed E-state index contributed by atoms with van der Waals surface area (Å²) in [4.78, 5) is 13.2. The molecule has 1 heterocycles. The molecule has 0 aliphatic rings. The Balaban J connectivity index is 2.31. The van der Waals surface area contributed by atoms with Gasteiger partial charge in [-0.25, -0.2) is 4.79 Å². The van der Waals surface area contributed by atoms with E-state index in [2.05, 4.69) is 0 Å². The number of rotatable bonds is 5. The minimum atomic E-state index is -0.501. The summed E-state index contributed by atoms with van der Waals surface area (Å²) in [5.41, 5.74) is 4.85. The quantitative estimate of drug-likeness (QED) is 0.514. The SMILES string of the molecule is COCc1cc(C)c(-c2c(OC(=S)OC)c(C)c(-c3ccccc3)oc2=O)c(C)c1. The van der Waals surface area contributed by atoms with Crippen LogP contribution in [0.5, 0.6) is 5.75 Å². The van der Waals surface area contributed by atoms with Crippen LogP contribution in [0.15, 0.2) is 51.7 Å². The first-order chi connectivity index (χ1) is 14.4. The van der Waals surface area contributed by atoms with Crippen LogP contribution in [0.3, 0.4) is 0 Å². The largest absolute Gasteiger partial charge is 0.460 e. The van der Waals surface area contributed by atoms with Crippen LogP contribution >= 0.6 is 12.2 Å². The van der Waals surface area contributed by atoms with E-state index < -0.39 is 5.63 Å². The summed E-state index contributed by atoms with van der Waals surface area (Å²) in [7, 11) is 3.08. The summed E-state index contributed by atoms with van der Waals surface area (Å²) in [5, 5.41) is -0.0738. The predicted molar refractivity (Wildman–Crippen MR) is 121 cm³/mol. The highest BCUT2D eigenvalue weighted by molar-refractivity contribution is 7.79. The second-order valence-corrected chi connectivity index (χ2v) is 7.34. The Bertz CT molecular complexity index is 1110. The monoisotopic (exact) mass is 424 g/mol. The van der Waals surface area contributed by atoms with Gasteiger partial charge in [0.05, 0.1) is 13.7 Å². The van der Waals surface area contributed by atoms with E-state index in [1.54, 1.807) is 7.11 Å². The molecule has 0 atom stereocenters. The second kappa shape index (κ2) is 9.24. The summed E-state index contributed by atoms with van der Waals surface area (Å²) in [6.07, 6.45) is 0. The molecule has 1 aromatic heterocycles. The van der Waals surface area contributed by atoms with Crippen molar-refractivity contribution in [3.05, 3.63) is 75.1 Å². The van der Waals surface area contributed by atoms with Crippen molar-refractivity contribution in [1.82, 2.24) is 0 Å². The number of aryl methyl sites for hydroxylation is 2. The minimum Gasteiger partial charge on any atom is -0.460 e. The van der Waals surface area contributed by atoms with E-state index in [0.29, 0.717) is 29.2 Å². The van der Waals surface area contributed by atoms with Crippen LogP contribution < -0.4 is 10.4 Å². The summed E-state index contributed by atoms with van der Waals surface area (Å²) in [5.74, 6) is 0.771. The first kappa shape index (κ1) is 21.7. The van der Waals surface area contributed by atoms with Crippen LogP contribution in [0.2, 0.25) is 0 Å². The Morgan fingerprint density at radius 2 is 1.63 bits per heavy atom. The molecule has 0 unspecified atom stereocenters. The normalized spacial score (nSPS) is 10.7. The standard InChI is InChI=1S/C24H24O5S/c1-14-11-17(13-26-4)12-15(2)19(14)20-22(29-24(30)27-5)16(3)21(28-23(20)25)18-9-7-6-8-10-18/h6-12H,13H2,1-5H3. The van der Waals surface area contributed by atoms with E-state index in [1.807, 2.05) is 63.2 Å². The first-order valence-electron chi connectivity index (χ1n) is 9.45. The Hall–Kier alpha value is -2.96. The van der Waals surface area contributed by atoms with E-state index in [4.69, 9.17) is 30.8 Å². The number of hydrogen-bond acceptors (Lipinski definition) is 6. The van der Waals surface area contributed by atoms with Gasteiger partial charge in [-0.1, -0.05) is 42.5 Å². The van der Waals surface area contributed by atoms with Gasteiger partial charge in [0.15, 0.2) is 5.75 Å². The molecule has 5 nitrogen and oxygen atoms in total. The van der Waals surface area contributed by atoms with Gasteiger partial charge >= 0.3 is 10.9 Å². The molecule has 0 N–H and O–H groups in total. The molecule has 6 heteroatoms. The molecule has 30 heavy (non-hydrogen) atoms. The van der Waals surface area contributed by atoms with Gasteiger partial charge in [-0.2, -0.15) is 0 Å². The third-order valence-electron chi connectivity index (χ3n) is 4.85. The van der Waals surface area contributed by atoms with Crippen molar-refractivity contribution in [2.45, 2.75) is 27.4 Å². The molecule has 3 rings (SSSR count). The lowest BCUT2D eigenvalue weighted by atomic mass is 9.92. The average molecular weight is 425 g/mol. The number of hydrogen-bond donors (Lipinski definition) is 0. The third-order valence-corrected chi connectivity index (χ3v) is 5.10. The zero-order valence-corrected chi connectivity index (χ0v) is 18.5. The Labute approximate surface area is 181 Å². The van der Waals surface area contributed by atoms with E-state index in [1.165, 1.54) is 7.11 Å². The van der Waals surface area contributed by atoms with Crippen LogP contribution in [-0.2, 0) is 16.1 Å². The van der Waals surface area contributed by atoms with Crippen molar-refractivity contribution in [2.75, 3.05) is 14.2 Å². The molecule has 0 aliphatic heterocycles. The van der Waals surface area contributed by atoms with E-state index in [-0.39, 0.29) is 5.24 Å². The van der Waals surface area contributed by atoms with E-state index in [0.717, 1.165) is 27.8 Å². The smallest absolute Gasteiger partial charge is 0.357 e. The molecule has 0 radical (unpaired) electrons. The summed E-state index contributed by atoms with van der Waals surface area (Å²) in [6.45, 7) is 6.21. The molecule has 0 spiro atoms. The summed E-state index contributed by atoms with van der Waals surface area (Å²) < 4.78 is 21.9. The van der Waals surface area contributed by atoms with Crippen molar-refractivity contribution >= 4 is 17.5 Å². The van der Waals surface area contributed by atoms with Gasteiger partial charge in [-0.3, -0.25) is 0 Å². The number of benzene rings is 2. The fraction of sp³-hybridized carbons (Fsp3) is 0.250. The summed E-state index contributed by atoms with van der Waals surface area (Å²) >= 11 is 5.14. The minimum absolute atomic E-state index is 0.0738. The van der Waals surface area contributed by atoms with Crippen LogP contribution in [0, 0.1) is 20.8 Å². The zero-order valence-electron chi connectivity index (χ0n) is 17.7. The maximum Gasteiger partial charge on any atom is 0.357 e. The van der Waals surface area contributed by atoms with Gasteiger partial charge in [-0.15, -0.1) is 0 Å². The van der Waals surface area contributed by atoms with Crippen LogP contribution in [0.4, 0.5) is 0 Å². The highest BCUT2D eigenvalue weighted by Crippen LogP contribution is 2.39. The lowest BCUT2D eigenvalue weighted by Crippen LogP contribution is -2.15. The van der Waals surface area contributed by atoms with Gasteiger partial charge < -0.3 is 18.6 Å². The van der Waals surface area contributed by atoms with Gasteiger partial charge in [-0.05, 0) is 43.0 Å². The molecular formula is C24H24O5S. The van der Waals surface area contributed by atoms with E-state index >= 15 is 0 Å². The van der Waals surface area contributed by atoms with Crippen molar-refractivity contribution in [3.8, 4) is 28.2 Å². The number of thiocarbonyl (C=S) groups is 1. The van der Waals surface area contributed by atoms with Crippen molar-refractivity contribution < 1.29 is 18.6 Å². The molecule has 0 saturated heterocycles. The molecule has 0 amide bonds. The Morgan fingerprint density at radius 1 is 1.00 bits per heavy atom. The Morgan fingerprint density at radius 3 is 2.20 bits per heavy atom. The highest BCUT2D eigenvalue weighted by Gasteiger charge is 2.25. The van der Waals surface area contributed by atoms with Crippen LogP contribution in [0.1, 0.15) is 22.3 Å². The third kappa shape index (κ3) is 4.30. The molecule has 0 bridgehead atoms. The first-order valence-corrected chi connectivity index (χ1v) is 9.86. The van der Waals surface area contributed by atoms with Crippen molar-refractivity contribution in [3.63, 3.8) is 0 Å². The lowest BCUT2D eigenvalue weighted by molar-refractivity contribution is 0.185. The van der Waals surface area contributed by atoms with Crippen molar-refractivity contribution in [2.24, 2.45) is 0 Å². The van der Waals surface area contributed by atoms with Crippen LogP contribution in [-0.4, -0.2) is 19.5 Å². The molecule has 0 aliphatic carbocycles. The fourth-order valence-corrected chi connectivity index (χ4v) is 3.72. The lowest BCUT2D eigenvalue weighted by Gasteiger charge is -2.18. The zero-order chi connectivity index (χ0) is 21.8. The fourth-order valence-electron chi connectivity index (χ4n) is 3.63. The summed E-state index contributed by atoms with van der Waals surface area (Å²) in [6, 6.07) is 13.4. The Kier molecular flexibility index (Phi) is 6.70. The van der Waals surface area contributed by atoms with Gasteiger partial charge in [0.25, 0.3) is 0 Å². The van der Waals surface area contributed by atoms with Gasteiger partial charge in [0.1, 0.15) is 11.3 Å². The van der Waals surface area contributed by atoms with Gasteiger partial charge in [0.2, 0.25) is 0 Å².